The number of carbonyl (C=O) groups is 2. The van der Waals surface area contributed by atoms with Gasteiger partial charge in [-0.25, -0.2) is 4.79 Å². The zero-order valence-electron chi connectivity index (χ0n) is 16.7. The maximum Gasteiger partial charge on any atom is 0.326 e. The first-order chi connectivity index (χ1) is 13.9. The number of urea groups is 1. The van der Waals surface area contributed by atoms with Gasteiger partial charge < -0.3 is 10.1 Å². The smallest absolute Gasteiger partial charge is 0.326 e. The molecule has 1 atom stereocenters. The highest BCUT2D eigenvalue weighted by molar-refractivity contribution is 6.08. The van der Waals surface area contributed by atoms with Crippen molar-refractivity contribution >= 4 is 17.6 Å². The van der Waals surface area contributed by atoms with Gasteiger partial charge in [0, 0.05) is 11.3 Å². The number of nitrogens with one attached hydrogen (secondary N) is 2. The van der Waals surface area contributed by atoms with Gasteiger partial charge in [-0.15, -0.1) is 0 Å². The lowest BCUT2D eigenvalue weighted by Gasteiger charge is -2.17. The van der Waals surface area contributed by atoms with E-state index >= 15 is 0 Å². The number of hydrogen-bond acceptors (Lipinski definition) is 3. The molecular formula is C24H24N2O3. The monoisotopic (exact) mass is 388 g/mol. The van der Waals surface area contributed by atoms with Crippen LogP contribution in [0, 0.1) is 13.8 Å². The van der Waals surface area contributed by atoms with Crippen LogP contribution >= 0.6 is 0 Å². The number of imide groups is 1. The van der Waals surface area contributed by atoms with E-state index in [1.54, 1.807) is 18.2 Å². The third-order valence-electron chi connectivity index (χ3n) is 4.62. The van der Waals surface area contributed by atoms with Crippen molar-refractivity contribution in [1.82, 2.24) is 5.32 Å². The highest BCUT2D eigenvalue weighted by Crippen LogP contribution is 2.27. The maximum atomic E-state index is 12.3. The molecule has 0 heterocycles. The Kier molecular flexibility index (Phi) is 6.29. The van der Waals surface area contributed by atoms with E-state index in [9.17, 15) is 9.59 Å². The topological polar surface area (TPSA) is 67.4 Å². The van der Waals surface area contributed by atoms with Crippen molar-refractivity contribution in [1.29, 1.82) is 0 Å². The number of ether oxygens (including phenoxy) is 1. The lowest BCUT2D eigenvalue weighted by Crippen LogP contribution is -2.34. The van der Waals surface area contributed by atoms with Crippen LogP contribution in [-0.4, -0.2) is 11.9 Å². The van der Waals surface area contributed by atoms with Crippen LogP contribution in [0.1, 0.15) is 40.1 Å². The summed E-state index contributed by atoms with van der Waals surface area (Å²) in [4.78, 5) is 24.4. The summed E-state index contributed by atoms with van der Waals surface area (Å²) < 4.78 is 6.04. The molecule has 29 heavy (non-hydrogen) atoms. The molecule has 0 aliphatic carbocycles. The predicted molar refractivity (Wildman–Crippen MR) is 114 cm³/mol. The number of carbonyl (C=O) groups excluding carboxylic acids is 2. The maximum absolute atomic E-state index is 12.3. The molecule has 0 saturated carbocycles. The molecule has 148 valence electrons. The average molecular weight is 388 g/mol. The van der Waals surface area contributed by atoms with Gasteiger partial charge in [0.15, 0.2) is 0 Å². The molecule has 1 unspecified atom stereocenters. The summed E-state index contributed by atoms with van der Waals surface area (Å²) in [6.07, 6.45) is -0.0938. The Balaban J connectivity index is 1.62. The Morgan fingerprint density at radius 1 is 0.862 bits per heavy atom. The first-order valence-corrected chi connectivity index (χ1v) is 9.44. The second kappa shape index (κ2) is 9.06. The van der Waals surface area contributed by atoms with Crippen molar-refractivity contribution in [2.24, 2.45) is 0 Å². The van der Waals surface area contributed by atoms with Gasteiger partial charge >= 0.3 is 6.03 Å². The molecule has 0 spiro atoms. The number of aryl methyl sites for hydroxylation is 2. The van der Waals surface area contributed by atoms with Crippen molar-refractivity contribution in [3.05, 3.63) is 95.1 Å². The number of hydrogen-bond donors (Lipinski definition) is 2. The summed E-state index contributed by atoms with van der Waals surface area (Å²) in [5, 5.41) is 5.04. The van der Waals surface area contributed by atoms with Crippen molar-refractivity contribution in [2.75, 3.05) is 5.32 Å². The van der Waals surface area contributed by atoms with E-state index < -0.39 is 11.9 Å². The Morgan fingerprint density at radius 2 is 1.55 bits per heavy atom. The second-order valence-electron chi connectivity index (χ2n) is 6.87. The van der Waals surface area contributed by atoms with Gasteiger partial charge in [0.1, 0.15) is 11.9 Å². The van der Waals surface area contributed by atoms with Crippen LogP contribution in [0.25, 0.3) is 0 Å². The Morgan fingerprint density at radius 3 is 2.24 bits per heavy atom. The van der Waals surface area contributed by atoms with Gasteiger partial charge in [-0.05, 0) is 61.7 Å². The van der Waals surface area contributed by atoms with Gasteiger partial charge in [0.05, 0.1) is 0 Å². The third kappa shape index (κ3) is 5.23. The molecule has 0 saturated heterocycles. The van der Waals surface area contributed by atoms with Gasteiger partial charge in [0.2, 0.25) is 0 Å². The molecule has 5 nitrogen and oxygen atoms in total. The van der Waals surface area contributed by atoms with Crippen LogP contribution in [0.2, 0.25) is 0 Å². The van der Waals surface area contributed by atoms with E-state index in [0.717, 1.165) is 22.4 Å². The molecule has 5 heteroatoms. The minimum atomic E-state index is -0.580. The lowest BCUT2D eigenvalue weighted by atomic mass is 10.1. The van der Waals surface area contributed by atoms with Crippen LogP contribution in [0.4, 0.5) is 10.5 Å². The van der Waals surface area contributed by atoms with E-state index in [0.29, 0.717) is 11.3 Å². The predicted octanol–water partition coefficient (Wildman–Crippen LogP) is 5.41. The van der Waals surface area contributed by atoms with Crippen LogP contribution in [0.15, 0.2) is 72.8 Å². The number of amides is 3. The molecule has 3 aromatic rings. The van der Waals surface area contributed by atoms with Gasteiger partial charge in [0.25, 0.3) is 5.91 Å². The first-order valence-electron chi connectivity index (χ1n) is 9.44. The van der Waals surface area contributed by atoms with E-state index in [2.05, 4.69) is 10.6 Å². The standard InChI is InChI=1S/C24H24N2O3/c1-16-9-7-8-12-21(16)23(27)26-24(28)25-20-13-14-22(17(2)15-20)29-18(3)19-10-5-4-6-11-19/h4-15,18H,1-3H3,(H2,25,26,27,28). The number of anilines is 1. The first kappa shape index (κ1) is 20.1. The molecule has 0 aliphatic heterocycles. The molecule has 0 radical (unpaired) electrons. The lowest BCUT2D eigenvalue weighted by molar-refractivity contribution is 0.0966. The molecule has 0 aromatic heterocycles. The normalized spacial score (nSPS) is 11.4. The van der Waals surface area contributed by atoms with Crippen LogP contribution < -0.4 is 15.4 Å². The summed E-state index contributed by atoms with van der Waals surface area (Å²) in [5.74, 6) is 0.303. The highest BCUT2D eigenvalue weighted by atomic mass is 16.5. The minimum Gasteiger partial charge on any atom is -0.486 e. The highest BCUT2D eigenvalue weighted by Gasteiger charge is 2.13. The average Bonchev–Trinajstić information content (AvgIpc) is 2.70. The fraction of sp³-hybridized carbons (Fsp3) is 0.167. The molecule has 2 N–H and O–H groups in total. The summed E-state index contributed by atoms with van der Waals surface area (Å²) >= 11 is 0. The van der Waals surface area contributed by atoms with Gasteiger partial charge in [-0.1, -0.05) is 48.5 Å². The molecule has 0 aliphatic rings. The van der Waals surface area contributed by atoms with Crippen molar-refractivity contribution in [3.63, 3.8) is 0 Å². The van der Waals surface area contributed by atoms with Gasteiger partial charge in [-0.2, -0.15) is 0 Å². The third-order valence-corrected chi connectivity index (χ3v) is 4.62. The van der Waals surface area contributed by atoms with Crippen molar-refractivity contribution < 1.29 is 14.3 Å². The summed E-state index contributed by atoms with van der Waals surface area (Å²) in [7, 11) is 0. The molecule has 0 bridgehead atoms. The number of benzene rings is 3. The zero-order chi connectivity index (χ0) is 20.8. The molecule has 3 amide bonds. The molecule has 3 rings (SSSR count). The van der Waals surface area contributed by atoms with E-state index in [1.165, 1.54) is 0 Å². The van der Waals surface area contributed by atoms with Gasteiger partial charge in [-0.3, -0.25) is 10.1 Å². The SMILES string of the molecule is Cc1cc(NC(=O)NC(=O)c2ccccc2C)ccc1OC(C)c1ccccc1. The fourth-order valence-corrected chi connectivity index (χ4v) is 3.00. The Bertz CT molecular complexity index is 1020. The van der Waals surface area contributed by atoms with Crippen molar-refractivity contribution in [3.8, 4) is 5.75 Å². The largest absolute Gasteiger partial charge is 0.486 e. The van der Waals surface area contributed by atoms with Crippen molar-refractivity contribution in [2.45, 2.75) is 26.9 Å². The fourth-order valence-electron chi connectivity index (χ4n) is 3.00. The quantitative estimate of drug-likeness (QED) is 0.614. The van der Waals surface area contributed by atoms with Crippen LogP contribution in [0.5, 0.6) is 5.75 Å². The van der Waals surface area contributed by atoms with Crippen LogP contribution in [-0.2, 0) is 0 Å². The minimum absolute atomic E-state index is 0.0938. The summed E-state index contributed by atoms with van der Waals surface area (Å²) in [5.41, 5.74) is 3.83. The van der Waals surface area contributed by atoms with Crippen LogP contribution in [0.3, 0.4) is 0 Å². The Hall–Kier alpha value is -3.60. The summed E-state index contributed by atoms with van der Waals surface area (Å²) in [6, 6.07) is 21.9. The van der Waals surface area contributed by atoms with E-state index in [1.807, 2.05) is 75.4 Å². The number of rotatable bonds is 5. The molecule has 3 aromatic carbocycles. The zero-order valence-corrected chi connectivity index (χ0v) is 16.7. The van der Waals surface area contributed by atoms with E-state index in [-0.39, 0.29) is 6.10 Å². The molecular weight excluding hydrogens is 364 g/mol. The summed E-state index contributed by atoms with van der Waals surface area (Å²) in [6.45, 7) is 5.73. The molecule has 0 fully saturated rings. The Labute approximate surface area is 170 Å². The second-order valence-corrected chi connectivity index (χ2v) is 6.87. The van der Waals surface area contributed by atoms with E-state index in [4.69, 9.17) is 4.74 Å².